The summed E-state index contributed by atoms with van der Waals surface area (Å²) in [6.07, 6.45) is 65.2. The van der Waals surface area contributed by atoms with Crippen molar-refractivity contribution in [1.82, 2.24) is 0 Å². The molecule has 0 saturated heterocycles. The fourth-order valence-electron chi connectivity index (χ4n) is 12.9. The number of unbranched alkanes of at least 4 members (excludes halogenated alkanes) is 52. The molecule has 17 nitrogen and oxygen atoms in total. The van der Waals surface area contributed by atoms with Gasteiger partial charge in [-0.25, -0.2) is 9.13 Å². The number of rotatable bonds is 82. The smallest absolute Gasteiger partial charge is 0.462 e. The van der Waals surface area contributed by atoms with Crippen LogP contribution in [0.15, 0.2) is 0 Å². The third-order valence-corrected chi connectivity index (χ3v) is 21.4. The molecule has 2 unspecified atom stereocenters. The van der Waals surface area contributed by atoms with Crippen molar-refractivity contribution < 1.29 is 80.2 Å². The van der Waals surface area contributed by atoms with Crippen LogP contribution in [0.4, 0.5) is 0 Å². The van der Waals surface area contributed by atoms with Gasteiger partial charge >= 0.3 is 39.5 Å². The van der Waals surface area contributed by atoms with E-state index >= 15 is 0 Å². The SMILES string of the molecule is CCCCCCCCCCCCCCCCCCC(=O)OC[C@H](COP(=O)(O)OC[C@@H](O)COP(=O)(O)OC[C@@H](COC(=O)CCCCCCCCCCC(C)C)OC(=O)CCCCCCCCCCCCCCCCCC)OC(=O)CCCCCCCCCCCCCCCCCCC(C)C. The Morgan fingerprint density at radius 2 is 0.451 bits per heavy atom. The maximum atomic E-state index is 13.1. The highest BCUT2D eigenvalue weighted by molar-refractivity contribution is 7.47. The molecule has 0 aliphatic carbocycles. The van der Waals surface area contributed by atoms with E-state index in [1.54, 1.807) is 0 Å². The minimum absolute atomic E-state index is 0.108. The summed E-state index contributed by atoms with van der Waals surface area (Å²) in [4.78, 5) is 73.1. The molecule has 0 aromatic rings. The van der Waals surface area contributed by atoms with Crippen molar-refractivity contribution in [3.8, 4) is 0 Å². The Labute approximate surface area is 626 Å². The standard InChI is InChI=1S/C83H162O17P2/c1-7-9-11-13-15-17-19-21-23-28-32-36-40-47-53-59-65-80(85)93-71-78(99-82(87)68-62-56-50-42-38-34-30-26-25-27-31-35-39-45-51-57-63-75(3)4)73-97-101(89,90)95-69-77(84)70-96-102(91,92)98-74-79(72-94-81(86)66-60-54-48-44-43-46-52-58-64-76(5)6)100-83(88)67-61-55-49-41-37-33-29-24-22-20-18-16-14-12-10-8-2/h75-79,84H,7-74H2,1-6H3,(H,89,90)(H,91,92)/t77-,78-,79-/m1/s1. The number of esters is 4. The highest BCUT2D eigenvalue weighted by atomic mass is 31.2. The van der Waals surface area contributed by atoms with Crippen LogP contribution in [0.3, 0.4) is 0 Å². The third-order valence-electron chi connectivity index (χ3n) is 19.5. The van der Waals surface area contributed by atoms with Gasteiger partial charge in [-0.15, -0.1) is 0 Å². The van der Waals surface area contributed by atoms with Crippen molar-refractivity contribution >= 4 is 39.5 Å². The number of carbonyl (C=O) groups excluding carboxylic acids is 4. The van der Waals surface area contributed by atoms with E-state index in [0.29, 0.717) is 25.7 Å². The Bertz CT molecular complexity index is 1960. The number of aliphatic hydroxyl groups is 1. The van der Waals surface area contributed by atoms with E-state index in [2.05, 4.69) is 41.5 Å². The van der Waals surface area contributed by atoms with Crippen LogP contribution in [0, 0.1) is 11.8 Å². The molecule has 0 rings (SSSR count). The van der Waals surface area contributed by atoms with Gasteiger partial charge in [0.15, 0.2) is 12.2 Å². The lowest BCUT2D eigenvalue weighted by molar-refractivity contribution is -0.161. The van der Waals surface area contributed by atoms with Crippen LogP contribution in [0.25, 0.3) is 0 Å². The summed E-state index contributed by atoms with van der Waals surface area (Å²) < 4.78 is 68.8. The monoisotopic (exact) mass is 1490 g/mol. The van der Waals surface area contributed by atoms with Crippen LogP contribution in [0.1, 0.15) is 440 Å². The van der Waals surface area contributed by atoms with Gasteiger partial charge in [-0.3, -0.25) is 37.3 Å². The zero-order valence-corrected chi connectivity index (χ0v) is 68.7. The number of phosphoric ester groups is 2. The van der Waals surface area contributed by atoms with Crippen molar-refractivity contribution in [2.45, 2.75) is 458 Å². The summed E-state index contributed by atoms with van der Waals surface area (Å²) >= 11 is 0. The van der Waals surface area contributed by atoms with E-state index in [9.17, 15) is 43.2 Å². The lowest BCUT2D eigenvalue weighted by Gasteiger charge is -2.21. The first-order valence-electron chi connectivity index (χ1n) is 43.0. The summed E-state index contributed by atoms with van der Waals surface area (Å²) in [6.45, 7) is 9.65. The molecular formula is C83H162O17P2. The number of ether oxygens (including phenoxy) is 4. The van der Waals surface area contributed by atoms with Crippen LogP contribution in [-0.2, 0) is 65.4 Å². The highest BCUT2D eigenvalue weighted by Gasteiger charge is 2.30. The summed E-state index contributed by atoms with van der Waals surface area (Å²) in [5, 5.41) is 10.7. The molecule has 0 amide bonds. The predicted octanol–water partition coefficient (Wildman–Crippen LogP) is 25.1. The van der Waals surface area contributed by atoms with Crippen molar-refractivity contribution in [2.24, 2.45) is 11.8 Å². The molecule has 0 spiro atoms. The molecule has 0 saturated carbocycles. The van der Waals surface area contributed by atoms with E-state index in [1.165, 1.54) is 257 Å². The molecule has 19 heteroatoms. The van der Waals surface area contributed by atoms with Crippen molar-refractivity contribution in [3.63, 3.8) is 0 Å². The number of aliphatic hydroxyl groups excluding tert-OH is 1. The molecule has 606 valence electrons. The van der Waals surface area contributed by atoms with Gasteiger partial charge in [0.25, 0.3) is 0 Å². The molecule has 0 aliphatic rings. The number of carbonyl (C=O) groups is 4. The Balaban J connectivity index is 5.25. The van der Waals surface area contributed by atoms with Crippen molar-refractivity contribution in [3.05, 3.63) is 0 Å². The molecule has 0 heterocycles. The first kappa shape index (κ1) is 100. The maximum absolute atomic E-state index is 13.1. The van der Waals surface area contributed by atoms with Gasteiger partial charge in [0, 0.05) is 25.7 Å². The minimum atomic E-state index is -4.96. The molecule has 3 N–H and O–H groups in total. The molecule has 0 aromatic carbocycles. The second kappa shape index (κ2) is 74.5. The van der Waals surface area contributed by atoms with Crippen molar-refractivity contribution in [2.75, 3.05) is 39.6 Å². The molecular weight excluding hydrogens is 1330 g/mol. The average Bonchev–Trinajstić information content (AvgIpc) is 0.940. The molecule has 5 atom stereocenters. The first-order valence-corrected chi connectivity index (χ1v) is 46.0. The van der Waals surface area contributed by atoms with E-state index in [1.807, 2.05) is 0 Å². The Morgan fingerprint density at radius 3 is 0.667 bits per heavy atom. The molecule has 0 radical (unpaired) electrons. The number of hydrogen-bond acceptors (Lipinski definition) is 15. The van der Waals surface area contributed by atoms with E-state index in [4.69, 9.17) is 37.0 Å². The third kappa shape index (κ3) is 76.3. The van der Waals surface area contributed by atoms with Gasteiger partial charge in [-0.2, -0.15) is 0 Å². The quantitative estimate of drug-likeness (QED) is 0.0222. The average molecular weight is 1490 g/mol. The highest BCUT2D eigenvalue weighted by Crippen LogP contribution is 2.45. The van der Waals surface area contributed by atoms with Gasteiger partial charge in [0.05, 0.1) is 26.4 Å². The zero-order valence-electron chi connectivity index (χ0n) is 66.9. The first-order chi connectivity index (χ1) is 49.4. The Morgan fingerprint density at radius 1 is 0.265 bits per heavy atom. The number of hydrogen-bond donors (Lipinski definition) is 3. The van der Waals surface area contributed by atoms with Gasteiger partial charge in [-0.1, -0.05) is 388 Å². The normalized spacial score (nSPS) is 13.9. The van der Waals surface area contributed by atoms with Crippen LogP contribution in [0.5, 0.6) is 0 Å². The van der Waals surface area contributed by atoms with E-state index in [0.717, 1.165) is 102 Å². The summed E-state index contributed by atoms with van der Waals surface area (Å²) in [6, 6.07) is 0. The Hall–Kier alpha value is -1.94. The second-order valence-electron chi connectivity index (χ2n) is 30.8. The molecule has 102 heavy (non-hydrogen) atoms. The second-order valence-corrected chi connectivity index (χ2v) is 33.7. The maximum Gasteiger partial charge on any atom is 0.472 e. The van der Waals surface area contributed by atoms with Gasteiger partial charge in [-0.05, 0) is 37.5 Å². The molecule has 0 aliphatic heterocycles. The van der Waals surface area contributed by atoms with Crippen molar-refractivity contribution in [1.29, 1.82) is 0 Å². The molecule has 0 fully saturated rings. The largest absolute Gasteiger partial charge is 0.472 e. The van der Waals surface area contributed by atoms with Crippen LogP contribution in [0.2, 0.25) is 0 Å². The molecule has 0 bridgehead atoms. The van der Waals surface area contributed by atoms with E-state index in [-0.39, 0.29) is 25.7 Å². The number of phosphoric acid groups is 2. The van der Waals surface area contributed by atoms with Crippen LogP contribution < -0.4 is 0 Å². The van der Waals surface area contributed by atoms with Gasteiger partial charge in [0.2, 0.25) is 0 Å². The summed E-state index contributed by atoms with van der Waals surface area (Å²) in [5.41, 5.74) is 0. The van der Waals surface area contributed by atoms with Gasteiger partial charge in [0.1, 0.15) is 19.3 Å². The summed E-state index contributed by atoms with van der Waals surface area (Å²) in [7, 11) is -9.92. The summed E-state index contributed by atoms with van der Waals surface area (Å²) in [5.74, 6) is -0.569. The van der Waals surface area contributed by atoms with Crippen LogP contribution >= 0.6 is 15.6 Å². The predicted molar refractivity (Wildman–Crippen MR) is 418 cm³/mol. The molecule has 0 aromatic heterocycles. The minimum Gasteiger partial charge on any atom is -0.462 e. The van der Waals surface area contributed by atoms with Gasteiger partial charge < -0.3 is 33.8 Å². The topological polar surface area (TPSA) is 237 Å². The van der Waals surface area contributed by atoms with Crippen LogP contribution in [-0.4, -0.2) is 96.7 Å². The fourth-order valence-corrected chi connectivity index (χ4v) is 14.5. The lowest BCUT2D eigenvalue weighted by Crippen LogP contribution is -2.30. The zero-order chi connectivity index (χ0) is 74.9. The Kier molecular flexibility index (Phi) is 73.1. The fraction of sp³-hybridized carbons (Fsp3) is 0.952. The lowest BCUT2D eigenvalue weighted by atomic mass is 10.0. The van der Waals surface area contributed by atoms with E-state index < -0.39 is 97.5 Å².